The van der Waals surface area contributed by atoms with Crippen molar-refractivity contribution in [1.82, 2.24) is 10.2 Å². The zero-order valence-corrected chi connectivity index (χ0v) is 8.99. The van der Waals surface area contributed by atoms with Crippen molar-refractivity contribution in [2.24, 2.45) is 0 Å². The second kappa shape index (κ2) is 5.32. The van der Waals surface area contributed by atoms with E-state index in [2.05, 4.69) is 5.32 Å². The fourth-order valence-corrected chi connectivity index (χ4v) is 1.58. The van der Waals surface area contributed by atoms with E-state index >= 15 is 0 Å². The van der Waals surface area contributed by atoms with Crippen LogP contribution in [-0.4, -0.2) is 47.7 Å². The summed E-state index contributed by atoms with van der Waals surface area (Å²) in [6.45, 7) is 5.92. The third-order valence-corrected chi connectivity index (χ3v) is 2.63. The molecule has 0 aromatic carbocycles. The highest BCUT2D eigenvalue weighted by Crippen LogP contribution is 2.07. The van der Waals surface area contributed by atoms with Gasteiger partial charge in [-0.05, 0) is 19.8 Å². The number of likely N-dealkylation sites (tertiary alicyclic amines) is 1. The van der Waals surface area contributed by atoms with Crippen LogP contribution in [0.4, 0.5) is 0 Å². The molecule has 1 heterocycles. The molecular weight excluding hydrogens is 180 g/mol. The summed E-state index contributed by atoms with van der Waals surface area (Å²) in [4.78, 5) is 13.4. The van der Waals surface area contributed by atoms with E-state index in [0.29, 0.717) is 13.1 Å². The third kappa shape index (κ3) is 3.64. The minimum absolute atomic E-state index is 0.0634. The summed E-state index contributed by atoms with van der Waals surface area (Å²) in [5, 5.41) is 12.2. The lowest BCUT2D eigenvalue weighted by Gasteiger charge is -2.16. The average Bonchev–Trinajstić information content (AvgIpc) is 2.50. The summed E-state index contributed by atoms with van der Waals surface area (Å²) < 4.78 is 0. The number of aliphatic hydroxyl groups excluding tert-OH is 1. The highest BCUT2D eigenvalue weighted by molar-refractivity contribution is 5.78. The number of aliphatic hydroxyl groups is 1. The Bertz CT molecular complexity index is 197. The molecule has 1 unspecified atom stereocenters. The van der Waals surface area contributed by atoms with Gasteiger partial charge in [-0.15, -0.1) is 0 Å². The topological polar surface area (TPSA) is 52.6 Å². The molecule has 0 saturated carbocycles. The molecule has 14 heavy (non-hydrogen) atoms. The molecule has 0 spiro atoms. The summed E-state index contributed by atoms with van der Waals surface area (Å²) in [6, 6.07) is 0.245. The first-order chi connectivity index (χ1) is 6.61. The fraction of sp³-hybridized carbons (Fsp3) is 0.900. The van der Waals surface area contributed by atoms with Crippen LogP contribution < -0.4 is 5.32 Å². The second-order valence-corrected chi connectivity index (χ2v) is 4.05. The Hall–Kier alpha value is -0.610. The quantitative estimate of drug-likeness (QED) is 0.670. The Morgan fingerprint density at radius 1 is 1.71 bits per heavy atom. The number of amides is 1. The Labute approximate surface area is 85.3 Å². The molecule has 2 N–H and O–H groups in total. The van der Waals surface area contributed by atoms with Gasteiger partial charge in [0.05, 0.1) is 12.6 Å². The van der Waals surface area contributed by atoms with Crippen molar-refractivity contribution in [3.63, 3.8) is 0 Å². The summed E-state index contributed by atoms with van der Waals surface area (Å²) in [5.74, 6) is 0.0634. The van der Waals surface area contributed by atoms with Crippen LogP contribution in [0.3, 0.4) is 0 Å². The third-order valence-electron chi connectivity index (χ3n) is 2.63. The highest BCUT2D eigenvalue weighted by atomic mass is 16.3. The molecule has 1 amide bonds. The Morgan fingerprint density at radius 2 is 2.43 bits per heavy atom. The first-order valence-corrected chi connectivity index (χ1v) is 5.31. The first kappa shape index (κ1) is 11.5. The summed E-state index contributed by atoms with van der Waals surface area (Å²) in [5.41, 5.74) is 0. The molecule has 4 nitrogen and oxygen atoms in total. The first-order valence-electron chi connectivity index (χ1n) is 5.31. The van der Waals surface area contributed by atoms with Gasteiger partial charge >= 0.3 is 0 Å². The monoisotopic (exact) mass is 200 g/mol. The number of carbonyl (C=O) groups is 1. The molecule has 82 valence electrons. The Morgan fingerprint density at radius 3 is 2.93 bits per heavy atom. The molecule has 0 radical (unpaired) electrons. The molecule has 1 aliphatic rings. The van der Waals surface area contributed by atoms with Crippen LogP contribution in [0.15, 0.2) is 0 Å². The molecule has 2 atom stereocenters. The van der Waals surface area contributed by atoms with Gasteiger partial charge in [0.2, 0.25) is 5.91 Å². The van der Waals surface area contributed by atoms with Crippen molar-refractivity contribution in [2.45, 2.75) is 38.8 Å². The van der Waals surface area contributed by atoms with Crippen LogP contribution >= 0.6 is 0 Å². The van der Waals surface area contributed by atoms with Crippen LogP contribution in [0, 0.1) is 0 Å². The van der Waals surface area contributed by atoms with E-state index in [1.54, 1.807) is 0 Å². The maximum absolute atomic E-state index is 11.4. The number of nitrogens with zero attached hydrogens (tertiary/aromatic N) is 1. The minimum Gasteiger partial charge on any atom is -0.392 e. The lowest BCUT2D eigenvalue weighted by atomic mass is 10.2. The molecule has 1 rings (SSSR count). The molecule has 4 heteroatoms. The maximum atomic E-state index is 11.4. The smallest absolute Gasteiger partial charge is 0.234 e. The molecule has 0 aliphatic carbocycles. The van der Waals surface area contributed by atoms with Crippen molar-refractivity contribution in [1.29, 1.82) is 0 Å². The number of rotatable bonds is 4. The summed E-state index contributed by atoms with van der Waals surface area (Å²) in [7, 11) is 0. The molecule has 1 saturated heterocycles. The molecule has 1 aliphatic heterocycles. The minimum atomic E-state index is -0.244. The van der Waals surface area contributed by atoms with Crippen LogP contribution in [0.1, 0.15) is 26.7 Å². The van der Waals surface area contributed by atoms with Gasteiger partial charge in [-0.25, -0.2) is 0 Å². The van der Waals surface area contributed by atoms with Crippen molar-refractivity contribution < 1.29 is 9.90 Å². The lowest BCUT2D eigenvalue weighted by molar-refractivity contribution is -0.122. The van der Waals surface area contributed by atoms with Crippen LogP contribution in [0.25, 0.3) is 0 Å². The van der Waals surface area contributed by atoms with Gasteiger partial charge in [0.25, 0.3) is 0 Å². The van der Waals surface area contributed by atoms with Gasteiger partial charge in [0.1, 0.15) is 0 Å². The van der Waals surface area contributed by atoms with Gasteiger partial charge in [0.15, 0.2) is 0 Å². The zero-order chi connectivity index (χ0) is 10.6. The van der Waals surface area contributed by atoms with Gasteiger partial charge in [-0.2, -0.15) is 0 Å². The number of hydrogen-bond acceptors (Lipinski definition) is 3. The van der Waals surface area contributed by atoms with E-state index in [1.807, 2.05) is 18.7 Å². The van der Waals surface area contributed by atoms with Crippen LogP contribution in [-0.2, 0) is 4.79 Å². The van der Waals surface area contributed by atoms with E-state index in [9.17, 15) is 9.90 Å². The normalized spacial score (nSPS) is 24.9. The molecule has 0 bridgehead atoms. The van der Waals surface area contributed by atoms with Gasteiger partial charge < -0.3 is 10.4 Å². The molecule has 0 aromatic heterocycles. The van der Waals surface area contributed by atoms with Crippen LogP contribution in [0.5, 0.6) is 0 Å². The van der Waals surface area contributed by atoms with Crippen molar-refractivity contribution in [3.05, 3.63) is 0 Å². The molecule has 1 fully saturated rings. The van der Waals surface area contributed by atoms with E-state index in [0.717, 1.165) is 19.4 Å². The number of nitrogens with one attached hydrogen (secondary N) is 1. The standard InChI is InChI=1S/C10H20N2O2/c1-3-8(2)11-10(14)7-12-5-4-9(13)6-12/h8-9,13H,3-7H2,1-2H3,(H,11,14)/t8?,9-/m0/s1. The Balaban J connectivity index is 2.20. The zero-order valence-electron chi connectivity index (χ0n) is 8.99. The Kier molecular flexibility index (Phi) is 4.35. The highest BCUT2D eigenvalue weighted by Gasteiger charge is 2.22. The van der Waals surface area contributed by atoms with E-state index in [4.69, 9.17) is 0 Å². The average molecular weight is 200 g/mol. The largest absolute Gasteiger partial charge is 0.392 e. The number of β-amino-alcohol motifs (C(OH)–C–C–N with tert-alkyl or cyclic N) is 1. The van der Waals surface area contributed by atoms with E-state index in [1.165, 1.54) is 0 Å². The molecule has 0 aromatic rings. The number of hydrogen-bond donors (Lipinski definition) is 2. The van der Waals surface area contributed by atoms with Crippen molar-refractivity contribution >= 4 is 5.91 Å². The SMILES string of the molecule is CCC(C)NC(=O)CN1CC[C@H](O)C1. The van der Waals surface area contributed by atoms with E-state index < -0.39 is 0 Å². The fourth-order valence-electron chi connectivity index (χ4n) is 1.58. The molecular formula is C10H20N2O2. The van der Waals surface area contributed by atoms with Crippen molar-refractivity contribution in [3.8, 4) is 0 Å². The lowest BCUT2D eigenvalue weighted by Crippen LogP contribution is -2.40. The summed E-state index contributed by atoms with van der Waals surface area (Å²) in [6.07, 6.45) is 1.50. The van der Waals surface area contributed by atoms with E-state index in [-0.39, 0.29) is 18.1 Å². The maximum Gasteiger partial charge on any atom is 0.234 e. The van der Waals surface area contributed by atoms with Gasteiger partial charge in [-0.1, -0.05) is 6.92 Å². The van der Waals surface area contributed by atoms with Crippen LogP contribution in [0.2, 0.25) is 0 Å². The van der Waals surface area contributed by atoms with Gasteiger partial charge in [-0.3, -0.25) is 9.69 Å². The summed E-state index contributed by atoms with van der Waals surface area (Å²) >= 11 is 0. The predicted molar refractivity (Wildman–Crippen MR) is 55.0 cm³/mol. The predicted octanol–water partition coefficient (Wildman–Crippen LogP) is -0.0323. The number of carbonyl (C=O) groups excluding carboxylic acids is 1. The van der Waals surface area contributed by atoms with Gasteiger partial charge in [0, 0.05) is 19.1 Å². The van der Waals surface area contributed by atoms with Crippen molar-refractivity contribution in [2.75, 3.05) is 19.6 Å². The second-order valence-electron chi connectivity index (χ2n) is 4.05.